The van der Waals surface area contributed by atoms with Crippen molar-refractivity contribution in [1.82, 2.24) is 14.2 Å². The molecule has 142 valence electrons. The molecule has 0 saturated carbocycles. The summed E-state index contributed by atoms with van der Waals surface area (Å²) in [7, 11) is -1.99. The van der Waals surface area contributed by atoms with Gasteiger partial charge in [-0.25, -0.2) is 13.1 Å². The molecule has 2 aromatic rings. The molecule has 1 fully saturated rings. The van der Waals surface area contributed by atoms with Crippen molar-refractivity contribution in [2.75, 3.05) is 13.1 Å². The smallest absolute Gasteiger partial charge is 0.257 e. The van der Waals surface area contributed by atoms with Gasteiger partial charge in [-0.1, -0.05) is 6.07 Å². The minimum atomic E-state index is -3.79. The second-order valence-corrected chi connectivity index (χ2v) is 9.43. The Labute approximate surface area is 158 Å². The Morgan fingerprint density at radius 1 is 1.19 bits per heavy atom. The summed E-state index contributed by atoms with van der Waals surface area (Å²) < 4.78 is 30.5. The molecular weight excluding hydrogens is 370 g/mol. The lowest BCUT2D eigenvalue weighted by molar-refractivity contribution is 0.0719. The highest BCUT2D eigenvalue weighted by molar-refractivity contribution is 7.89. The van der Waals surface area contributed by atoms with E-state index in [2.05, 4.69) is 4.72 Å². The summed E-state index contributed by atoms with van der Waals surface area (Å²) in [5.74, 6) is -0.178. The second kappa shape index (κ2) is 7.54. The third-order valence-electron chi connectivity index (χ3n) is 5.07. The van der Waals surface area contributed by atoms with Crippen molar-refractivity contribution >= 4 is 27.3 Å². The Balaban J connectivity index is 1.97. The number of carbonyl (C=O) groups excluding carboxylic acids is 1. The van der Waals surface area contributed by atoms with Gasteiger partial charge in [0, 0.05) is 42.9 Å². The monoisotopic (exact) mass is 395 g/mol. The molecule has 0 radical (unpaired) electrons. The van der Waals surface area contributed by atoms with E-state index in [0.717, 1.165) is 24.1 Å². The van der Waals surface area contributed by atoms with Crippen molar-refractivity contribution in [3.05, 3.63) is 39.3 Å². The maximum atomic E-state index is 13.1. The topological polar surface area (TPSA) is 71.4 Å². The van der Waals surface area contributed by atoms with E-state index >= 15 is 0 Å². The van der Waals surface area contributed by atoms with Gasteiger partial charge in [0.2, 0.25) is 10.0 Å². The van der Waals surface area contributed by atoms with Crippen molar-refractivity contribution in [1.29, 1.82) is 0 Å². The van der Waals surface area contributed by atoms with E-state index in [9.17, 15) is 13.2 Å². The Kier molecular flexibility index (Phi) is 5.55. The Morgan fingerprint density at radius 3 is 2.50 bits per heavy atom. The Bertz CT molecular complexity index is 893. The summed E-state index contributed by atoms with van der Waals surface area (Å²) in [6.45, 7) is 5.16. The first-order valence-corrected chi connectivity index (χ1v) is 11.2. The number of piperidine rings is 1. The normalized spacial score (nSPS) is 15.4. The van der Waals surface area contributed by atoms with Gasteiger partial charge in [0.05, 0.1) is 5.56 Å². The predicted octanol–water partition coefficient (Wildman–Crippen LogP) is 2.81. The molecule has 0 aromatic carbocycles. The van der Waals surface area contributed by atoms with E-state index in [0.29, 0.717) is 30.0 Å². The molecular formula is C18H25N3O3S2. The van der Waals surface area contributed by atoms with Crippen molar-refractivity contribution in [2.24, 2.45) is 7.05 Å². The van der Waals surface area contributed by atoms with Gasteiger partial charge in [0.15, 0.2) is 0 Å². The number of aromatic nitrogens is 1. The minimum absolute atomic E-state index is 0.115. The van der Waals surface area contributed by atoms with Crippen LogP contribution >= 0.6 is 11.3 Å². The first-order valence-electron chi connectivity index (χ1n) is 8.80. The van der Waals surface area contributed by atoms with Crippen molar-refractivity contribution in [2.45, 2.75) is 44.6 Å². The van der Waals surface area contributed by atoms with E-state index in [1.54, 1.807) is 23.4 Å². The summed E-state index contributed by atoms with van der Waals surface area (Å²) in [5.41, 5.74) is 1.58. The van der Waals surface area contributed by atoms with Gasteiger partial charge < -0.3 is 9.47 Å². The fourth-order valence-electron chi connectivity index (χ4n) is 3.40. The zero-order valence-corrected chi connectivity index (χ0v) is 17.0. The maximum Gasteiger partial charge on any atom is 0.257 e. The van der Waals surface area contributed by atoms with Gasteiger partial charge >= 0.3 is 0 Å². The Morgan fingerprint density at radius 2 is 1.88 bits per heavy atom. The molecule has 1 aliphatic heterocycles. The maximum absolute atomic E-state index is 13.1. The first-order chi connectivity index (χ1) is 12.3. The van der Waals surface area contributed by atoms with E-state index in [1.165, 1.54) is 11.3 Å². The van der Waals surface area contributed by atoms with Crippen molar-refractivity contribution in [3.8, 4) is 0 Å². The number of likely N-dealkylation sites (tertiary alicyclic amines) is 1. The first kappa shape index (κ1) is 19.1. The van der Waals surface area contributed by atoms with Gasteiger partial charge in [-0.05, 0) is 44.6 Å². The van der Waals surface area contributed by atoms with Gasteiger partial charge in [0.25, 0.3) is 5.91 Å². The van der Waals surface area contributed by atoms with Crippen LogP contribution in [0.5, 0.6) is 0 Å². The molecule has 26 heavy (non-hydrogen) atoms. The van der Waals surface area contributed by atoms with Gasteiger partial charge in [0.1, 0.15) is 4.90 Å². The molecule has 0 aliphatic carbocycles. The molecule has 1 N–H and O–H groups in total. The van der Waals surface area contributed by atoms with Gasteiger partial charge in [-0.3, -0.25) is 4.79 Å². The molecule has 0 unspecified atom stereocenters. The summed E-state index contributed by atoms with van der Waals surface area (Å²) >= 11 is 1.50. The largest absolute Gasteiger partial charge is 0.350 e. The molecule has 1 aliphatic rings. The number of sulfonamides is 1. The standard InChI is InChI=1S/C18H25N3O3S2/c1-13-16(18(22)21-9-5-4-6-10-21)17(14(2)20(13)3)26(23,24)19-12-15-8-7-11-25-15/h7-8,11,19H,4-6,9-10,12H2,1-3H3. The third-order valence-corrected chi connectivity index (χ3v) is 7.50. The van der Waals surface area contributed by atoms with Crippen molar-refractivity contribution < 1.29 is 13.2 Å². The van der Waals surface area contributed by atoms with E-state index in [1.807, 2.05) is 24.4 Å². The SMILES string of the molecule is Cc1c(C(=O)N2CCCCC2)c(S(=O)(=O)NCc2cccs2)c(C)n1C. The number of amides is 1. The number of hydrogen-bond donors (Lipinski definition) is 1. The van der Waals surface area contributed by atoms with Crippen LogP contribution in [0.1, 0.15) is 45.9 Å². The lowest BCUT2D eigenvalue weighted by Gasteiger charge is -2.27. The summed E-state index contributed by atoms with van der Waals surface area (Å²) in [6.07, 6.45) is 3.05. The summed E-state index contributed by atoms with van der Waals surface area (Å²) in [5, 5.41) is 1.91. The van der Waals surface area contributed by atoms with Crippen LogP contribution in [0.3, 0.4) is 0 Å². The summed E-state index contributed by atoms with van der Waals surface area (Å²) in [4.78, 5) is 15.9. The number of carbonyl (C=O) groups is 1. The van der Waals surface area contributed by atoms with Gasteiger partial charge in [-0.15, -0.1) is 11.3 Å². The van der Waals surface area contributed by atoms with Crippen LogP contribution in [0, 0.1) is 13.8 Å². The molecule has 0 spiro atoms. The van der Waals surface area contributed by atoms with Gasteiger partial charge in [-0.2, -0.15) is 0 Å². The molecule has 3 rings (SSSR count). The van der Waals surface area contributed by atoms with Crippen molar-refractivity contribution in [3.63, 3.8) is 0 Å². The molecule has 8 heteroatoms. The average Bonchev–Trinajstić information content (AvgIpc) is 3.23. The fraction of sp³-hybridized carbons (Fsp3) is 0.500. The van der Waals surface area contributed by atoms with Crippen LogP contribution < -0.4 is 4.72 Å². The van der Waals surface area contributed by atoms with Crippen LogP contribution in [0.25, 0.3) is 0 Å². The number of hydrogen-bond acceptors (Lipinski definition) is 4. The van der Waals surface area contributed by atoms with Crippen LogP contribution in [0.4, 0.5) is 0 Å². The number of nitrogens with one attached hydrogen (secondary N) is 1. The Hall–Kier alpha value is -1.64. The number of rotatable bonds is 5. The molecule has 3 heterocycles. The lowest BCUT2D eigenvalue weighted by Crippen LogP contribution is -2.37. The quantitative estimate of drug-likeness (QED) is 0.846. The predicted molar refractivity (Wildman–Crippen MR) is 103 cm³/mol. The highest BCUT2D eigenvalue weighted by Gasteiger charge is 2.33. The molecule has 2 aromatic heterocycles. The van der Waals surface area contributed by atoms with Crippen LogP contribution in [0.2, 0.25) is 0 Å². The van der Waals surface area contributed by atoms with Crippen LogP contribution in [-0.2, 0) is 23.6 Å². The number of nitrogens with zero attached hydrogens (tertiary/aromatic N) is 2. The molecule has 6 nitrogen and oxygen atoms in total. The zero-order chi connectivity index (χ0) is 18.9. The second-order valence-electron chi connectivity index (χ2n) is 6.69. The fourth-order valence-corrected chi connectivity index (χ4v) is 5.66. The van der Waals surface area contributed by atoms with E-state index < -0.39 is 10.0 Å². The highest BCUT2D eigenvalue weighted by Crippen LogP contribution is 2.28. The third kappa shape index (κ3) is 3.58. The highest BCUT2D eigenvalue weighted by atomic mass is 32.2. The molecule has 0 atom stereocenters. The van der Waals surface area contributed by atoms with Crippen LogP contribution in [0.15, 0.2) is 22.4 Å². The van der Waals surface area contributed by atoms with E-state index in [4.69, 9.17) is 0 Å². The van der Waals surface area contributed by atoms with E-state index in [-0.39, 0.29) is 17.3 Å². The lowest BCUT2D eigenvalue weighted by atomic mass is 10.1. The van der Waals surface area contributed by atoms with Crippen LogP contribution in [-0.4, -0.2) is 36.9 Å². The minimum Gasteiger partial charge on any atom is -0.350 e. The number of thiophene rings is 1. The molecule has 1 saturated heterocycles. The molecule has 0 bridgehead atoms. The molecule has 1 amide bonds. The average molecular weight is 396 g/mol. The zero-order valence-electron chi connectivity index (χ0n) is 15.4. The summed E-state index contributed by atoms with van der Waals surface area (Å²) in [6, 6.07) is 3.77.